The summed E-state index contributed by atoms with van der Waals surface area (Å²) in [6.07, 6.45) is 2.35. The van der Waals surface area contributed by atoms with Crippen molar-refractivity contribution >= 4 is 17.1 Å². The molecule has 0 saturated carbocycles. The van der Waals surface area contributed by atoms with Crippen LogP contribution in [-0.4, -0.2) is 0 Å². The number of fused-ring (bicyclic) bond motifs is 7. The lowest BCUT2D eigenvalue weighted by atomic mass is 9.63. The minimum absolute atomic E-state index is 0.0643. The predicted octanol–water partition coefficient (Wildman–Crippen LogP) is 15.8. The maximum Gasteiger partial charge on any atom is 0.0714 e. The normalized spacial score (nSPS) is 16.8. The summed E-state index contributed by atoms with van der Waals surface area (Å²) in [5, 5.41) is 0. The average molecular weight is 788 g/mol. The van der Waals surface area contributed by atoms with E-state index in [1.807, 2.05) is 0 Å². The fourth-order valence-electron chi connectivity index (χ4n) is 11.6. The zero-order chi connectivity index (χ0) is 41.7. The molecule has 1 nitrogen and oxygen atoms in total. The zero-order valence-corrected chi connectivity index (χ0v) is 36.3. The molecule has 0 unspecified atom stereocenters. The van der Waals surface area contributed by atoms with Crippen molar-refractivity contribution in [3.8, 4) is 33.4 Å². The highest BCUT2D eigenvalue weighted by Crippen LogP contribution is 2.61. The lowest BCUT2D eigenvalue weighted by Gasteiger charge is -2.42. The van der Waals surface area contributed by atoms with Crippen LogP contribution in [0.15, 0.2) is 188 Å². The number of anilines is 3. The molecule has 1 heteroatoms. The van der Waals surface area contributed by atoms with Crippen molar-refractivity contribution < 1.29 is 0 Å². The Hall–Kier alpha value is -6.44. The molecule has 8 aromatic rings. The van der Waals surface area contributed by atoms with Crippen molar-refractivity contribution in [2.75, 3.05) is 4.90 Å². The van der Waals surface area contributed by atoms with Gasteiger partial charge in [-0.05, 0) is 121 Å². The number of benzene rings is 8. The van der Waals surface area contributed by atoms with Gasteiger partial charge in [0.25, 0.3) is 0 Å². The Kier molecular flexibility index (Phi) is 8.33. The summed E-state index contributed by atoms with van der Waals surface area (Å²) < 4.78 is 0. The third-order valence-corrected chi connectivity index (χ3v) is 14.8. The molecule has 61 heavy (non-hydrogen) atoms. The summed E-state index contributed by atoms with van der Waals surface area (Å²) in [5.74, 6) is 0. The molecule has 0 atom stereocenters. The fourth-order valence-corrected chi connectivity index (χ4v) is 11.6. The molecular weight excluding hydrogens is 735 g/mol. The van der Waals surface area contributed by atoms with E-state index in [0.29, 0.717) is 0 Å². The molecule has 0 bridgehead atoms. The van der Waals surface area contributed by atoms with Crippen LogP contribution in [-0.2, 0) is 21.7 Å². The first kappa shape index (κ1) is 37.6. The van der Waals surface area contributed by atoms with Gasteiger partial charge in [-0.15, -0.1) is 0 Å². The monoisotopic (exact) mass is 787 g/mol. The van der Waals surface area contributed by atoms with Crippen molar-refractivity contribution in [3.63, 3.8) is 0 Å². The molecule has 0 aliphatic heterocycles. The molecule has 11 rings (SSSR count). The minimum atomic E-state index is -0.542. The summed E-state index contributed by atoms with van der Waals surface area (Å²) in [7, 11) is 0. The van der Waals surface area contributed by atoms with Crippen LogP contribution >= 0.6 is 0 Å². The van der Waals surface area contributed by atoms with E-state index in [1.165, 1.54) is 102 Å². The zero-order valence-electron chi connectivity index (χ0n) is 36.3. The highest BCUT2D eigenvalue weighted by atomic mass is 15.1. The number of para-hydroxylation sites is 1. The van der Waals surface area contributed by atoms with Gasteiger partial charge in [0.2, 0.25) is 0 Å². The van der Waals surface area contributed by atoms with Gasteiger partial charge < -0.3 is 4.90 Å². The summed E-state index contributed by atoms with van der Waals surface area (Å²) in [4.78, 5) is 2.59. The van der Waals surface area contributed by atoms with Crippen LogP contribution in [0, 0.1) is 0 Å². The largest absolute Gasteiger partial charge is 0.309 e. The van der Waals surface area contributed by atoms with E-state index in [4.69, 9.17) is 0 Å². The van der Waals surface area contributed by atoms with Gasteiger partial charge in [0.05, 0.1) is 16.8 Å². The Morgan fingerprint density at radius 3 is 1.59 bits per heavy atom. The maximum absolute atomic E-state index is 2.59. The minimum Gasteiger partial charge on any atom is -0.309 e. The molecule has 3 aliphatic carbocycles. The molecule has 0 radical (unpaired) electrons. The van der Waals surface area contributed by atoms with Gasteiger partial charge in [0.15, 0.2) is 0 Å². The topological polar surface area (TPSA) is 3.24 Å². The van der Waals surface area contributed by atoms with Crippen LogP contribution in [0.2, 0.25) is 0 Å². The standard InChI is InChI=1S/C60H53N/c1-57(2)35-36-58(3,4)53-37-40(33-34-50(53)57)46-38-47-44-27-16-19-30-49(44)60(41-21-10-7-11-22-41,42-23-12-8-13-24-42)52(47)39-55(46)61(43-25-14-9-15-26-43)54-32-20-31-51-56(54)45-28-17-18-29-48(45)59(51,5)6/h7-34,37-39H,35-36H2,1-6H3. The van der Waals surface area contributed by atoms with Gasteiger partial charge in [0, 0.05) is 22.2 Å². The summed E-state index contributed by atoms with van der Waals surface area (Å²) >= 11 is 0. The summed E-state index contributed by atoms with van der Waals surface area (Å²) in [5.41, 5.74) is 21.6. The van der Waals surface area contributed by atoms with Crippen LogP contribution < -0.4 is 4.90 Å². The van der Waals surface area contributed by atoms with E-state index in [9.17, 15) is 0 Å². The van der Waals surface area contributed by atoms with Crippen molar-refractivity contribution in [1.82, 2.24) is 0 Å². The lowest BCUT2D eigenvalue weighted by Crippen LogP contribution is -2.33. The molecular formula is C60H53N. The Morgan fingerprint density at radius 2 is 0.918 bits per heavy atom. The Morgan fingerprint density at radius 1 is 0.361 bits per heavy atom. The molecule has 298 valence electrons. The van der Waals surface area contributed by atoms with E-state index in [-0.39, 0.29) is 16.2 Å². The molecule has 0 heterocycles. The molecule has 8 aromatic carbocycles. The lowest BCUT2D eigenvalue weighted by molar-refractivity contribution is 0.332. The Labute approximate surface area is 362 Å². The van der Waals surface area contributed by atoms with Crippen molar-refractivity contribution in [3.05, 3.63) is 233 Å². The third kappa shape index (κ3) is 5.46. The van der Waals surface area contributed by atoms with Crippen LogP contribution in [0.5, 0.6) is 0 Å². The first-order valence-electron chi connectivity index (χ1n) is 22.2. The second kappa shape index (κ2) is 13.5. The van der Waals surface area contributed by atoms with Crippen molar-refractivity contribution in [2.45, 2.75) is 76.0 Å². The predicted molar refractivity (Wildman–Crippen MR) is 257 cm³/mol. The highest BCUT2D eigenvalue weighted by molar-refractivity contribution is 6.01. The first-order chi connectivity index (χ1) is 29.5. The first-order valence-corrected chi connectivity index (χ1v) is 22.2. The third-order valence-electron chi connectivity index (χ3n) is 14.8. The van der Waals surface area contributed by atoms with Gasteiger partial charge in [-0.2, -0.15) is 0 Å². The second-order valence-electron chi connectivity index (χ2n) is 19.5. The van der Waals surface area contributed by atoms with E-state index < -0.39 is 5.41 Å². The van der Waals surface area contributed by atoms with Gasteiger partial charge in [-0.25, -0.2) is 0 Å². The molecule has 3 aliphatic rings. The van der Waals surface area contributed by atoms with Gasteiger partial charge in [-0.3, -0.25) is 0 Å². The van der Waals surface area contributed by atoms with Crippen molar-refractivity contribution in [1.29, 1.82) is 0 Å². The van der Waals surface area contributed by atoms with Crippen LogP contribution in [0.4, 0.5) is 17.1 Å². The fraction of sp³-hybridized carbons (Fsp3) is 0.200. The summed E-state index contributed by atoms with van der Waals surface area (Å²) in [6, 6.07) is 71.3. The molecule has 0 fully saturated rings. The van der Waals surface area contributed by atoms with Crippen LogP contribution in [0.25, 0.3) is 33.4 Å². The highest BCUT2D eigenvalue weighted by Gasteiger charge is 2.47. The van der Waals surface area contributed by atoms with Gasteiger partial charge in [-0.1, -0.05) is 199 Å². The summed E-state index contributed by atoms with van der Waals surface area (Å²) in [6.45, 7) is 14.5. The maximum atomic E-state index is 2.59. The molecule has 0 saturated heterocycles. The van der Waals surface area contributed by atoms with E-state index in [2.05, 4.69) is 234 Å². The quantitative estimate of drug-likeness (QED) is 0.162. The van der Waals surface area contributed by atoms with Crippen LogP contribution in [0.3, 0.4) is 0 Å². The molecule has 0 spiro atoms. The SMILES string of the molecule is CC1(C)CCC(C)(C)c2cc(-c3cc4c(cc3N(c3ccccc3)c3cccc5c3-c3ccccc3C5(C)C)C(c3ccccc3)(c3ccccc3)c3ccccc3-4)ccc21. The number of hydrogen-bond donors (Lipinski definition) is 0. The number of hydrogen-bond acceptors (Lipinski definition) is 1. The van der Waals surface area contributed by atoms with Gasteiger partial charge in [0.1, 0.15) is 0 Å². The smallest absolute Gasteiger partial charge is 0.0714 e. The molecule has 0 aromatic heterocycles. The van der Waals surface area contributed by atoms with E-state index in [0.717, 1.165) is 5.69 Å². The van der Waals surface area contributed by atoms with Gasteiger partial charge >= 0.3 is 0 Å². The Bertz CT molecular complexity index is 2950. The average Bonchev–Trinajstić information content (AvgIpc) is 3.71. The van der Waals surface area contributed by atoms with E-state index in [1.54, 1.807) is 0 Å². The second-order valence-corrected chi connectivity index (χ2v) is 19.5. The van der Waals surface area contributed by atoms with Crippen molar-refractivity contribution in [2.24, 2.45) is 0 Å². The number of rotatable bonds is 6. The van der Waals surface area contributed by atoms with Crippen LogP contribution in [0.1, 0.15) is 98.9 Å². The molecule has 0 amide bonds. The number of nitrogens with zero attached hydrogens (tertiary/aromatic N) is 1. The Balaban J connectivity index is 1.29. The molecule has 0 N–H and O–H groups in total. The van der Waals surface area contributed by atoms with E-state index >= 15 is 0 Å².